The highest BCUT2D eigenvalue weighted by Crippen LogP contribution is 2.22. The van der Waals surface area contributed by atoms with Gasteiger partial charge in [-0.05, 0) is 42.8 Å². The molecule has 0 saturated heterocycles. The summed E-state index contributed by atoms with van der Waals surface area (Å²) in [5.74, 6) is -0.693. The van der Waals surface area contributed by atoms with E-state index < -0.39 is 0 Å². The van der Waals surface area contributed by atoms with Crippen molar-refractivity contribution in [1.82, 2.24) is 5.32 Å². The number of benzene rings is 2. The third kappa shape index (κ3) is 4.23. The lowest BCUT2D eigenvalue weighted by molar-refractivity contribution is -0.115. The summed E-state index contributed by atoms with van der Waals surface area (Å²) in [6.45, 7) is 1.67. The lowest BCUT2D eigenvalue weighted by atomic mass is 10.2. The molecule has 6 heteroatoms. The van der Waals surface area contributed by atoms with Crippen LogP contribution in [0.3, 0.4) is 0 Å². The van der Waals surface area contributed by atoms with Crippen molar-refractivity contribution in [2.24, 2.45) is 0 Å². The molecule has 0 unspecified atom stereocenters. The maximum Gasteiger partial charge on any atom is 0.251 e. The van der Waals surface area contributed by atoms with Gasteiger partial charge < -0.3 is 10.6 Å². The molecule has 0 saturated carbocycles. The van der Waals surface area contributed by atoms with Gasteiger partial charge in [0.2, 0.25) is 5.91 Å². The summed E-state index contributed by atoms with van der Waals surface area (Å²) in [6.07, 6.45) is 0. The van der Waals surface area contributed by atoms with E-state index in [9.17, 15) is 9.59 Å². The smallest absolute Gasteiger partial charge is 0.251 e. The molecule has 2 N–H and O–H groups in total. The molecule has 2 rings (SSSR count). The van der Waals surface area contributed by atoms with Gasteiger partial charge in [0.05, 0.1) is 6.54 Å². The van der Waals surface area contributed by atoms with Gasteiger partial charge in [-0.1, -0.05) is 35.3 Å². The summed E-state index contributed by atoms with van der Waals surface area (Å²) >= 11 is 11.8. The summed E-state index contributed by atoms with van der Waals surface area (Å²) in [7, 11) is 0. The van der Waals surface area contributed by atoms with E-state index in [1.54, 1.807) is 36.4 Å². The summed E-state index contributed by atoms with van der Waals surface area (Å²) < 4.78 is 0. The van der Waals surface area contributed by atoms with Crippen LogP contribution in [-0.2, 0) is 4.79 Å². The normalized spacial score (nSPS) is 10.1. The number of carbonyl (C=O) groups excluding carboxylic acids is 2. The molecule has 0 aliphatic carbocycles. The van der Waals surface area contributed by atoms with Crippen molar-refractivity contribution in [3.05, 3.63) is 63.6 Å². The largest absolute Gasteiger partial charge is 0.343 e. The van der Waals surface area contributed by atoms with Crippen molar-refractivity contribution in [3.63, 3.8) is 0 Å². The first-order valence-corrected chi connectivity index (χ1v) is 7.31. The highest BCUT2D eigenvalue weighted by atomic mass is 35.5. The molecule has 2 amide bonds. The third-order valence-corrected chi connectivity index (χ3v) is 3.68. The van der Waals surface area contributed by atoms with E-state index in [1.165, 1.54) is 6.07 Å². The quantitative estimate of drug-likeness (QED) is 0.894. The van der Waals surface area contributed by atoms with E-state index in [4.69, 9.17) is 23.2 Å². The van der Waals surface area contributed by atoms with Gasteiger partial charge in [0.1, 0.15) is 0 Å². The van der Waals surface area contributed by atoms with Crippen molar-refractivity contribution in [2.75, 3.05) is 11.9 Å². The molecular weight excluding hydrogens is 323 g/mol. The molecule has 0 spiro atoms. The van der Waals surface area contributed by atoms with E-state index in [0.29, 0.717) is 21.3 Å². The highest BCUT2D eigenvalue weighted by Gasteiger charge is 2.10. The number of rotatable bonds is 4. The predicted molar refractivity (Wildman–Crippen MR) is 88.6 cm³/mol. The molecule has 22 heavy (non-hydrogen) atoms. The van der Waals surface area contributed by atoms with Crippen LogP contribution in [0.1, 0.15) is 15.9 Å². The van der Waals surface area contributed by atoms with Crippen molar-refractivity contribution in [2.45, 2.75) is 6.92 Å². The predicted octanol–water partition coefficient (Wildman–Crippen LogP) is 3.67. The molecule has 0 atom stereocenters. The summed E-state index contributed by atoms with van der Waals surface area (Å²) in [6, 6.07) is 11.7. The molecule has 4 nitrogen and oxygen atoms in total. The number of hydrogen-bond donors (Lipinski definition) is 2. The lowest BCUT2D eigenvalue weighted by Gasteiger charge is -2.10. The molecule has 2 aromatic carbocycles. The minimum atomic E-state index is -0.361. The van der Waals surface area contributed by atoms with E-state index in [0.717, 1.165) is 5.56 Å². The first-order valence-electron chi connectivity index (χ1n) is 6.56. The average molecular weight is 337 g/mol. The zero-order valence-electron chi connectivity index (χ0n) is 11.8. The second-order valence-corrected chi connectivity index (χ2v) is 5.50. The Kier molecular flexibility index (Phi) is 5.41. The molecule has 0 radical (unpaired) electrons. The molecule has 0 aliphatic rings. The first kappa shape index (κ1) is 16.3. The Balaban J connectivity index is 1.93. The Morgan fingerprint density at radius 3 is 2.55 bits per heavy atom. The molecule has 0 heterocycles. The van der Waals surface area contributed by atoms with Crippen LogP contribution in [0, 0.1) is 6.92 Å². The standard InChI is InChI=1S/C16H14Cl2N2O2/c1-10-13(18)6-3-7-14(10)20-15(21)9-19-16(22)11-4-2-5-12(17)8-11/h2-8H,9H2,1H3,(H,19,22)(H,20,21). The molecular formula is C16H14Cl2N2O2. The Labute approximate surface area is 138 Å². The second kappa shape index (κ2) is 7.29. The maximum atomic E-state index is 11.9. The number of nitrogens with one attached hydrogen (secondary N) is 2. The molecule has 2 aromatic rings. The molecule has 0 bridgehead atoms. The van der Waals surface area contributed by atoms with Gasteiger partial charge in [-0.15, -0.1) is 0 Å². The second-order valence-electron chi connectivity index (χ2n) is 4.65. The van der Waals surface area contributed by atoms with Crippen LogP contribution < -0.4 is 10.6 Å². The lowest BCUT2D eigenvalue weighted by Crippen LogP contribution is -2.33. The van der Waals surface area contributed by atoms with Crippen LogP contribution in [-0.4, -0.2) is 18.4 Å². The van der Waals surface area contributed by atoms with Gasteiger partial charge in [-0.2, -0.15) is 0 Å². The van der Waals surface area contributed by atoms with Crippen molar-refractivity contribution in [3.8, 4) is 0 Å². The monoisotopic (exact) mass is 336 g/mol. The summed E-state index contributed by atoms with van der Waals surface area (Å²) in [4.78, 5) is 23.8. The van der Waals surface area contributed by atoms with E-state index in [1.807, 2.05) is 6.92 Å². The summed E-state index contributed by atoms with van der Waals surface area (Å²) in [5, 5.41) is 6.28. The maximum absolute atomic E-state index is 11.9. The topological polar surface area (TPSA) is 58.2 Å². The van der Waals surface area contributed by atoms with Crippen LogP contribution in [0.25, 0.3) is 0 Å². The highest BCUT2D eigenvalue weighted by molar-refractivity contribution is 6.32. The fourth-order valence-electron chi connectivity index (χ4n) is 1.83. The molecule has 114 valence electrons. The fraction of sp³-hybridized carbons (Fsp3) is 0.125. The Morgan fingerprint density at radius 1 is 1.09 bits per heavy atom. The minimum Gasteiger partial charge on any atom is -0.343 e. The zero-order chi connectivity index (χ0) is 16.1. The first-order chi connectivity index (χ1) is 10.5. The Bertz CT molecular complexity index is 717. The van der Waals surface area contributed by atoms with Gasteiger partial charge >= 0.3 is 0 Å². The van der Waals surface area contributed by atoms with Gasteiger partial charge in [0.15, 0.2) is 0 Å². The molecule has 0 aromatic heterocycles. The van der Waals surface area contributed by atoms with E-state index in [2.05, 4.69) is 10.6 Å². The number of halogens is 2. The fourth-order valence-corrected chi connectivity index (χ4v) is 2.19. The van der Waals surface area contributed by atoms with Gasteiger partial charge in [0, 0.05) is 21.3 Å². The van der Waals surface area contributed by atoms with Crippen LogP contribution in [0.5, 0.6) is 0 Å². The van der Waals surface area contributed by atoms with Gasteiger partial charge in [-0.3, -0.25) is 9.59 Å². The Hall–Kier alpha value is -2.04. The van der Waals surface area contributed by atoms with Crippen molar-refractivity contribution in [1.29, 1.82) is 0 Å². The van der Waals surface area contributed by atoms with E-state index >= 15 is 0 Å². The average Bonchev–Trinajstić information content (AvgIpc) is 2.49. The van der Waals surface area contributed by atoms with Crippen LogP contribution in [0.2, 0.25) is 10.0 Å². The summed E-state index contributed by atoms with van der Waals surface area (Å²) in [5.41, 5.74) is 1.80. The number of anilines is 1. The number of amides is 2. The van der Waals surface area contributed by atoms with Crippen molar-refractivity contribution >= 4 is 40.7 Å². The minimum absolute atomic E-state index is 0.142. The van der Waals surface area contributed by atoms with Crippen LogP contribution in [0.15, 0.2) is 42.5 Å². The Morgan fingerprint density at radius 2 is 1.82 bits per heavy atom. The van der Waals surface area contributed by atoms with E-state index in [-0.39, 0.29) is 18.4 Å². The molecule has 0 fully saturated rings. The van der Waals surface area contributed by atoms with Gasteiger partial charge in [0.25, 0.3) is 5.91 Å². The van der Waals surface area contributed by atoms with Crippen molar-refractivity contribution < 1.29 is 9.59 Å². The molecule has 0 aliphatic heterocycles. The SMILES string of the molecule is Cc1c(Cl)cccc1NC(=O)CNC(=O)c1cccc(Cl)c1. The van der Waals surface area contributed by atoms with Gasteiger partial charge in [-0.25, -0.2) is 0 Å². The van der Waals surface area contributed by atoms with Crippen LogP contribution >= 0.6 is 23.2 Å². The number of hydrogen-bond acceptors (Lipinski definition) is 2. The number of carbonyl (C=O) groups is 2. The van der Waals surface area contributed by atoms with Crippen LogP contribution in [0.4, 0.5) is 5.69 Å². The zero-order valence-corrected chi connectivity index (χ0v) is 13.3. The third-order valence-electron chi connectivity index (χ3n) is 3.04.